The van der Waals surface area contributed by atoms with E-state index in [2.05, 4.69) is 0 Å². The van der Waals surface area contributed by atoms with Gasteiger partial charge in [-0.25, -0.2) is 0 Å². The Kier molecular flexibility index (Phi) is 8.08. The van der Waals surface area contributed by atoms with Crippen molar-refractivity contribution in [1.82, 2.24) is 0 Å². The second-order valence-corrected chi connectivity index (χ2v) is 3.97. The molecule has 0 aliphatic heterocycles. The van der Waals surface area contributed by atoms with E-state index < -0.39 is 17.4 Å². The number of hydrogen-bond acceptors (Lipinski definition) is 4. The van der Waals surface area contributed by atoms with Crippen molar-refractivity contribution in [3.05, 3.63) is 12.2 Å². The van der Waals surface area contributed by atoms with E-state index in [-0.39, 0.29) is 13.2 Å². The largest absolute Gasteiger partial charge is 0.465 e. The predicted octanol–water partition coefficient (Wildman–Crippen LogP) is 2.87. The lowest BCUT2D eigenvalue weighted by molar-refractivity contribution is -0.168. The molecule has 4 nitrogen and oxygen atoms in total. The van der Waals surface area contributed by atoms with Crippen LogP contribution < -0.4 is 0 Å². The van der Waals surface area contributed by atoms with Crippen LogP contribution in [0.25, 0.3) is 0 Å². The van der Waals surface area contributed by atoms with Crippen LogP contribution in [0, 0.1) is 5.41 Å². The number of ether oxygens (including phenoxy) is 2. The summed E-state index contributed by atoms with van der Waals surface area (Å²) in [7, 11) is 0. The van der Waals surface area contributed by atoms with Gasteiger partial charge in [0.15, 0.2) is 5.41 Å². The number of rotatable bonds is 8. The average Bonchev–Trinajstić information content (AvgIpc) is 2.35. The van der Waals surface area contributed by atoms with Crippen molar-refractivity contribution in [3.63, 3.8) is 0 Å². The highest BCUT2D eigenvalue weighted by molar-refractivity contribution is 6.02. The van der Waals surface area contributed by atoms with Crippen LogP contribution in [0.4, 0.5) is 0 Å². The molecular formula is C14H24O4. The maximum absolute atomic E-state index is 12.1. The summed E-state index contributed by atoms with van der Waals surface area (Å²) in [4.78, 5) is 24.2. The Morgan fingerprint density at radius 3 is 1.83 bits per heavy atom. The molecule has 104 valence electrons. The first-order chi connectivity index (χ1) is 8.58. The summed E-state index contributed by atoms with van der Waals surface area (Å²) < 4.78 is 10.1. The van der Waals surface area contributed by atoms with Gasteiger partial charge in [-0.1, -0.05) is 32.4 Å². The molecule has 0 radical (unpaired) electrons. The van der Waals surface area contributed by atoms with Crippen LogP contribution >= 0.6 is 0 Å². The molecule has 4 heteroatoms. The van der Waals surface area contributed by atoms with Crippen LogP contribution in [0.1, 0.15) is 47.0 Å². The number of carbonyl (C=O) groups excluding carboxylic acids is 2. The third-order valence-corrected chi connectivity index (χ3v) is 2.56. The highest BCUT2D eigenvalue weighted by atomic mass is 16.6. The van der Waals surface area contributed by atoms with Crippen molar-refractivity contribution in [2.45, 2.75) is 47.0 Å². The Bertz CT molecular complexity index is 276. The van der Waals surface area contributed by atoms with E-state index in [1.807, 2.05) is 19.9 Å². The summed E-state index contributed by atoms with van der Waals surface area (Å²) in [6, 6.07) is 0. The molecule has 0 saturated carbocycles. The molecule has 0 saturated heterocycles. The molecule has 0 unspecified atom stereocenters. The van der Waals surface area contributed by atoms with Crippen molar-refractivity contribution in [2.75, 3.05) is 13.2 Å². The number of esters is 2. The van der Waals surface area contributed by atoms with Gasteiger partial charge in [-0.05, 0) is 26.7 Å². The molecule has 0 heterocycles. The van der Waals surface area contributed by atoms with Gasteiger partial charge in [0.05, 0.1) is 13.2 Å². The number of allylic oxidation sites excluding steroid dienone is 1. The number of carbonyl (C=O) groups is 2. The molecule has 0 atom stereocenters. The molecule has 0 fully saturated rings. The lowest BCUT2D eigenvalue weighted by Gasteiger charge is -2.25. The molecule has 0 aromatic carbocycles. The highest BCUT2D eigenvalue weighted by Gasteiger charge is 2.45. The standard InChI is InChI=1S/C14H24O4/c1-5-9-11-14(10-6-2,12(15)17-7-3)13(16)18-8-4/h9,11H,5-8,10H2,1-4H3/b11-9+. The van der Waals surface area contributed by atoms with Crippen LogP contribution in [0.2, 0.25) is 0 Å². The van der Waals surface area contributed by atoms with Gasteiger partial charge >= 0.3 is 11.9 Å². The molecule has 0 bridgehead atoms. The fourth-order valence-electron chi connectivity index (χ4n) is 1.74. The SMILES string of the molecule is CC/C=C/C(CCC)(C(=O)OCC)C(=O)OCC. The fourth-order valence-corrected chi connectivity index (χ4v) is 1.74. The summed E-state index contributed by atoms with van der Waals surface area (Å²) >= 11 is 0. The van der Waals surface area contributed by atoms with Gasteiger partial charge in [-0.2, -0.15) is 0 Å². The van der Waals surface area contributed by atoms with Crippen LogP contribution in [0.15, 0.2) is 12.2 Å². The third kappa shape index (κ3) is 4.17. The quantitative estimate of drug-likeness (QED) is 0.380. The minimum atomic E-state index is -1.28. The maximum Gasteiger partial charge on any atom is 0.327 e. The minimum absolute atomic E-state index is 0.254. The summed E-state index contributed by atoms with van der Waals surface area (Å²) in [5.41, 5.74) is -1.28. The minimum Gasteiger partial charge on any atom is -0.465 e. The van der Waals surface area contributed by atoms with Crippen molar-refractivity contribution >= 4 is 11.9 Å². The highest BCUT2D eigenvalue weighted by Crippen LogP contribution is 2.30. The summed E-state index contributed by atoms with van der Waals surface area (Å²) in [5, 5.41) is 0. The van der Waals surface area contributed by atoms with Gasteiger partial charge in [0, 0.05) is 0 Å². The Balaban J connectivity index is 5.32. The van der Waals surface area contributed by atoms with E-state index in [9.17, 15) is 9.59 Å². The molecular weight excluding hydrogens is 232 g/mol. The van der Waals surface area contributed by atoms with Gasteiger partial charge in [0.25, 0.3) is 0 Å². The van der Waals surface area contributed by atoms with Gasteiger partial charge < -0.3 is 9.47 Å². The van der Waals surface area contributed by atoms with Crippen molar-refractivity contribution in [3.8, 4) is 0 Å². The summed E-state index contributed by atoms with van der Waals surface area (Å²) in [6.45, 7) is 7.83. The lowest BCUT2D eigenvalue weighted by Crippen LogP contribution is -2.40. The maximum atomic E-state index is 12.1. The third-order valence-electron chi connectivity index (χ3n) is 2.56. The smallest absolute Gasteiger partial charge is 0.327 e. The fraction of sp³-hybridized carbons (Fsp3) is 0.714. The van der Waals surface area contributed by atoms with Crippen LogP contribution in [-0.2, 0) is 19.1 Å². The summed E-state index contributed by atoms with van der Waals surface area (Å²) in [5.74, 6) is -1.04. The Labute approximate surface area is 109 Å². The van der Waals surface area contributed by atoms with Gasteiger partial charge in [0.1, 0.15) is 0 Å². The molecule has 0 aromatic rings. The molecule has 18 heavy (non-hydrogen) atoms. The molecule has 0 N–H and O–H groups in total. The molecule has 0 amide bonds. The van der Waals surface area contributed by atoms with E-state index in [0.29, 0.717) is 12.8 Å². The van der Waals surface area contributed by atoms with E-state index in [0.717, 1.165) is 6.42 Å². The zero-order chi connectivity index (χ0) is 14.0. The first-order valence-electron chi connectivity index (χ1n) is 6.61. The van der Waals surface area contributed by atoms with Crippen molar-refractivity contribution in [2.24, 2.45) is 5.41 Å². The monoisotopic (exact) mass is 256 g/mol. The van der Waals surface area contributed by atoms with Crippen LogP contribution in [0.5, 0.6) is 0 Å². The zero-order valence-corrected chi connectivity index (χ0v) is 11.8. The Morgan fingerprint density at radius 2 is 1.50 bits per heavy atom. The van der Waals surface area contributed by atoms with E-state index in [4.69, 9.17) is 9.47 Å². The molecule has 0 aliphatic carbocycles. The second kappa shape index (κ2) is 8.72. The molecule has 0 aromatic heterocycles. The number of hydrogen-bond donors (Lipinski definition) is 0. The second-order valence-electron chi connectivity index (χ2n) is 3.97. The summed E-state index contributed by atoms with van der Waals surface area (Å²) in [6.07, 6.45) is 5.30. The van der Waals surface area contributed by atoms with E-state index >= 15 is 0 Å². The molecule has 0 aliphatic rings. The lowest BCUT2D eigenvalue weighted by atomic mass is 9.82. The topological polar surface area (TPSA) is 52.6 Å². The van der Waals surface area contributed by atoms with E-state index in [1.165, 1.54) is 0 Å². The van der Waals surface area contributed by atoms with Gasteiger partial charge in [0.2, 0.25) is 0 Å². The first kappa shape index (κ1) is 16.7. The molecule has 0 spiro atoms. The predicted molar refractivity (Wildman–Crippen MR) is 70.0 cm³/mol. The zero-order valence-electron chi connectivity index (χ0n) is 11.8. The van der Waals surface area contributed by atoms with Crippen molar-refractivity contribution in [1.29, 1.82) is 0 Å². The van der Waals surface area contributed by atoms with Crippen LogP contribution in [-0.4, -0.2) is 25.2 Å². The van der Waals surface area contributed by atoms with Crippen molar-refractivity contribution < 1.29 is 19.1 Å². The van der Waals surface area contributed by atoms with Gasteiger partial charge in [-0.3, -0.25) is 9.59 Å². The average molecular weight is 256 g/mol. The Morgan fingerprint density at radius 1 is 1.00 bits per heavy atom. The van der Waals surface area contributed by atoms with Crippen LogP contribution in [0.3, 0.4) is 0 Å². The first-order valence-corrected chi connectivity index (χ1v) is 6.61. The van der Waals surface area contributed by atoms with E-state index in [1.54, 1.807) is 19.9 Å². The normalized spacial score (nSPS) is 11.6. The Hall–Kier alpha value is -1.32. The van der Waals surface area contributed by atoms with Gasteiger partial charge in [-0.15, -0.1) is 0 Å². The molecule has 0 rings (SSSR count).